The topological polar surface area (TPSA) is 17.8 Å². The van der Waals surface area contributed by atoms with Gasteiger partial charge in [-0.15, -0.1) is 0 Å². The molecular formula is C59H38N2. The first-order valence-electron chi connectivity index (χ1n) is 20.9. The van der Waals surface area contributed by atoms with Gasteiger partial charge >= 0.3 is 0 Å². The van der Waals surface area contributed by atoms with Gasteiger partial charge in [-0.2, -0.15) is 0 Å². The molecule has 0 spiro atoms. The van der Waals surface area contributed by atoms with E-state index in [9.17, 15) is 0 Å². The number of rotatable bonds is 6. The average Bonchev–Trinajstić information content (AvgIpc) is 3.68. The molecule has 0 N–H and O–H groups in total. The first kappa shape index (κ1) is 34.9. The molecule has 2 nitrogen and oxygen atoms in total. The summed E-state index contributed by atoms with van der Waals surface area (Å²) in [5.74, 6) is 0. The van der Waals surface area contributed by atoms with E-state index in [2.05, 4.69) is 228 Å². The zero-order chi connectivity index (χ0) is 40.3. The van der Waals surface area contributed by atoms with Gasteiger partial charge in [0.1, 0.15) is 0 Å². The molecule has 10 aromatic carbocycles. The lowest BCUT2D eigenvalue weighted by Gasteiger charge is -2.19. The number of pyridine rings is 1. The zero-order valence-electron chi connectivity index (χ0n) is 33.3. The van der Waals surface area contributed by atoms with Crippen molar-refractivity contribution in [1.82, 2.24) is 9.55 Å². The number of fused-ring (bicyclic) bond motifs is 7. The van der Waals surface area contributed by atoms with Crippen LogP contribution in [0.2, 0.25) is 0 Å². The predicted molar refractivity (Wildman–Crippen MR) is 258 cm³/mol. The largest absolute Gasteiger partial charge is 0.309 e. The Labute approximate surface area is 354 Å². The summed E-state index contributed by atoms with van der Waals surface area (Å²) >= 11 is 0. The summed E-state index contributed by atoms with van der Waals surface area (Å²) in [6.07, 6.45) is 3.91. The fourth-order valence-electron chi connectivity index (χ4n) is 9.73. The Hall–Kier alpha value is -8.07. The molecule has 2 heteroatoms. The Morgan fingerprint density at radius 3 is 1.44 bits per heavy atom. The smallest absolute Gasteiger partial charge is 0.0620 e. The van der Waals surface area contributed by atoms with E-state index in [0.717, 1.165) is 16.6 Å². The van der Waals surface area contributed by atoms with Crippen molar-refractivity contribution in [2.24, 2.45) is 0 Å². The highest BCUT2D eigenvalue weighted by atomic mass is 15.0. The molecule has 12 aromatic rings. The molecule has 0 aliphatic rings. The second-order valence-electron chi connectivity index (χ2n) is 15.9. The molecule has 0 saturated heterocycles. The van der Waals surface area contributed by atoms with Gasteiger partial charge in [0.15, 0.2) is 0 Å². The lowest BCUT2D eigenvalue weighted by atomic mass is 9.84. The van der Waals surface area contributed by atoms with E-state index in [-0.39, 0.29) is 0 Å². The van der Waals surface area contributed by atoms with Crippen LogP contribution in [0.3, 0.4) is 0 Å². The Morgan fingerprint density at radius 1 is 0.295 bits per heavy atom. The minimum Gasteiger partial charge on any atom is -0.309 e. The fourth-order valence-corrected chi connectivity index (χ4v) is 9.73. The van der Waals surface area contributed by atoms with Crippen molar-refractivity contribution in [3.8, 4) is 61.3 Å². The van der Waals surface area contributed by atoms with Gasteiger partial charge in [-0.05, 0) is 125 Å². The van der Waals surface area contributed by atoms with Crippen molar-refractivity contribution in [2.45, 2.75) is 0 Å². The summed E-state index contributed by atoms with van der Waals surface area (Å²) in [5.41, 5.74) is 15.6. The second kappa shape index (κ2) is 14.3. The monoisotopic (exact) mass is 774 g/mol. The van der Waals surface area contributed by atoms with Crippen molar-refractivity contribution < 1.29 is 0 Å². The standard InChI is InChI=1S/C59H38N2/c1-4-16-39(17-5-1)57-48-27-11-12-28-49(48)58(40-18-6-2-7-19-40)53-36-44(30-31-50(53)57)42-21-14-20-41(34-42)43-22-15-23-45(35-43)52-37-54-55-38-60-33-32-56(55)61(46-24-8-3-9-25-46)59(54)51-29-13-10-26-47(51)52/h1-38H. The number of benzene rings is 10. The quantitative estimate of drug-likeness (QED) is 0.154. The van der Waals surface area contributed by atoms with Crippen molar-refractivity contribution >= 4 is 54.1 Å². The van der Waals surface area contributed by atoms with Crippen LogP contribution in [-0.2, 0) is 0 Å². The summed E-state index contributed by atoms with van der Waals surface area (Å²) in [5, 5.41) is 9.81. The van der Waals surface area contributed by atoms with Crippen molar-refractivity contribution in [3.63, 3.8) is 0 Å². The van der Waals surface area contributed by atoms with Crippen molar-refractivity contribution in [2.75, 3.05) is 0 Å². The van der Waals surface area contributed by atoms with Crippen LogP contribution < -0.4 is 0 Å². The third-order valence-corrected chi connectivity index (χ3v) is 12.4. The summed E-state index contributed by atoms with van der Waals surface area (Å²) in [6, 6.07) is 79.7. The molecule has 0 bridgehead atoms. The maximum atomic E-state index is 4.59. The summed E-state index contributed by atoms with van der Waals surface area (Å²) in [6.45, 7) is 0. The van der Waals surface area contributed by atoms with Gasteiger partial charge in [0.25, 0.3) is 0 Å². The van der Waals surface area contributed by atoms with E-state index in [1.807, 2.05) is 12.4 Å². The Balaban J connectivity index is 1.02. The second-order valence-corrected chi connectivity index (χ2v) is 15.9. The highest BCUT2D eigenvalue weighted by Gasteiger charge is 2.20. The van der Waals surface area contributed by atoms with Gasteiger partial charge in [-0.1, -0.05) is 176 Å². The zero-order valence-corrected chi connectivity index (χ0v) is 33.3. The third-order valence-electron chi connectivity index (χ3n) is 12.4. The van der Waals surface area contributed by atoms with Crippen LogP contribution in [0.15, 0.2) is 231 Å². The Bertz CT molecular complexity index is 3620. The first-order chi connectivity index (χ1) is 30.3. The molecule has 61 heavy (non-hydrogen) atoms. The molecule has 284 valence electrons. The van der Waals surface area contributed by atoms with Crippen LogP contribution in [0.25, 0.3) is 115 Å². The maximum Gasteiger partial charge on any atom is 0.0620 e. The van der Waals surface area contributed by atoms with Gasteiger partial charge < -0.3 is 4.57 Å². The molecule has 0 aliphatic carbocycles. The van der Waals surface area contributed by atoms with Crippen molar-refractivity contribution in [1.29, 1.82) is 0 Å². The van der Waals surface area contributed by atoms with E-state index in [4.69, 9.17) is 0 Å². The van der Waals surface area contributed by atoms with Crippen LogP contribution in [0.1, 0.15) is 0 Å². The van der Waals surface area contributed by atoms with Gasteiger partial charge in [-0.25, -0.2) is 0 Å². The van der Waals surface area contributed by atoms with E-state index < -0.39 is 0 Å². The van der Waals surface area contributed by atoms with E-state index >= 15 is 0 Å². The maximum absolute atomic E-state index is 4.59. The average molecular weight is 775 g/mol. The molecule has 0 aliphatic heterocycles. The third kappa shape index (κ3) is 5.76. The minimum absolute atomic E-state index is 1.14. The Morgan fingerprint density at radius 2 is 0.787 bits per heavy atom. The number of aromatic nitrogens is 2. The summed E-state index contributed by atoms with van der Waals surface area (Å²) in [7, 11) is 0. The molecule has 0 saturated carbocycles. The highest BCUT2D eigenvalue weighted by molar-refractivity contribution is 6.23. The van der Waals surface area contributed by atoms with E-state index in [0.29, 0.717) is 0 Å². The van der Waals surface area contributed by atoms with E-state index in [1.54, 1.807) is 0 Å². The molecule has 0 atom stereocenters. The molecule has 12 rings (SSSR count). The normalized spacial score (nSPS) is 11.6. The van der Waals surface area contributed by atoms with Gasteiger partial charge in [-0.3, -0.25) is 4.98 Å². The molecule has 0 unspecified atom stereocenters. The SMILES string of the molecule is c1ccc(-c2c3ccccc3c(-c3ccccc3)c3cc(-c4cccc(-c5cccc(-c6cc7c8cnccc8n(-c8ccccc8)c7c7ccccc67)c5)c4)ccc23)cc1. The van der Waals surface area contributed by atoms with Crippen LogP contribution >= 0.6 is 0 Å². The molecule has 2 heterocycles. The van der Waals surface area contributed by atoms with Gasteiger partial charge in [0.05, 0.1) is 11.0 Å². The number of hydrogen-bond acceptors (Lipinski definition) is 1. The lowest BCUT2D eigenvalue weighted by molar-refractivity contribution is 1.18. The van der Waals surface area contributed by atoms with Gasteiger partial charge in [0, 0.05) is 34.2 Å². The van der Waals surface area contributed by atoms with Crippen LogP contribution in [0.5, 0.6) is 0 Å². The van der Waals surface area contributed by atoms with Crippen LogP contribution in [0, 0.1) is 0 Å². The molecule has 0 radical (unpaired) electrons. The molecule has 0 fully saturated rings. The summed E-state index contributed by atoms with van der Waals surface area (Å²) in [4.78, 5) is 4.59. The number of para-hydroxylation sites is 1. The first-order valence-corrected chi connectivity index (χ1v) is 20.9. The highest BCUT2D eigenvalue weighted by Crippen LogP contribution is 2.46. The van der Waals surface area contributed by atoms with Crippen molar-refractivity contribution in [3.05, 3.63) is 231 Å². The minimum atomic E-state index is 1.14. The molecule has 2 aromatic heterocycles. The molecular weight excluding hydrogens is 737 g/mol. The number of hydrogen-bond donors (Lipinski definition) is 0. The summed E-state index contributed by atoms with van der Waals surface area (Å²) < 4.78 is 2.39. The number of nitrogens with zero attached hydrogens (tertiary/aromatic N) is 2. The lowest BCUT2D eigenvalue weighted by Crippen LogP contribution is -1.94. The molecule has 0 amide bonds. The predicted octanol–water partition coefficient (Wildman–Crippen LogP) is 16.0. The Kier molecular flexibility index (Phi) is 8.21. The van der Waals surface area contributed by atoms with Gasteiger partial charge in [0.2, 0.25) is 0 Å². The fraction of sp³-hybridized carbons (Fsp3) is 0. The van der Waals surface area contributed by atoms with E-state index in [1.165, 1.54) is 98.9 Å². The van der Waals surface area contributed by atoms with Crippen LogP contribution in [-0.4, -0.2) is 9.55 Å². The van der Waals surface area contributed by atoms with Crippen LogP contribution in [0.4, 0.5) is 0 Å².